The third-order valence-electron chi connectivity index (χ3n) is 2.70. The van der Waals surface area contributed by atoms with Crippen molar-refractivity contribution in [1.82, 2.24) is 10.3 Å². The highest BCUT2D eigenvalue weighted by molar-refractivity contribution is 7.13. The quantitative estimate of drug-likeness (QED) is 0.624. The Kier molecular flexibility index (Phi) is 5.28. The van der Waals surface area contributed by atoms with Gasteiger partial charge >= 0.3 is 0 Å². The minimum atomic E-state index is -0.335. The highest BCUT2D eigenvalue weighted by atomic mass is 32.1. The first kappa shape index (κ1) is 15.0. The molecule has 21 heavy (non-hydrogen) atoms. The van der Waals surface area contributed by atoms with Crippen LogP contribution in [-0.2, 0) is 16.1 Å². The van der Waals surface area contributed by atoms with E-state index in [4.69, 9.17) is 10.6 Å². The zero-order valence-corrected chi connectivity index (χ0v) is 12.4. The second kappa shape index (κ2) is 7.39. The Labute approximate surface area is 126 Å². The molecule has 0 aliphatic rings. The summed E-state index contributed by atoms with van der Waals surface area (Å²) in [6.45, 7) is 0.505. The number of carbonyl (C=O) groups excluding carboxylic acids is 1. The van der Waals surface area contributed by atoms with E-state index in [-0.39, 0.29) is 11.6 Å². The van der Waals surface area contributed by atoms with E-state index in [1.54, 1.807) is 5.38 Å². The van der Waals surface area contributed by atoms with Gasteiger partial charge in [-0.1, -0.05) is 35.5 Å². The monoisotopic (exact) mass is 304 g/mol. The number of rotatable bonds is 6. The van der Waals surface area contributed by atoms with Gasteiger partial charge in [0.15, 0.2) is 10.8 Å². The molecule has 7 heteroatoms. The molecule has 1 aromatic carbocycles. The number of nitrogens with one attached hydrogen (secondary N) is 1. The average Bonchev–Trinajstić information content (AvgIpc) is 2.92. The van der Waals surface area contributed by atoms with Gasteiger partial charge in [-0.15, -0.1) is 11.3 Å². The van der Waals surface area contributed by atoms with Gasteiger partial charge < -0.3 is 15.9 Å². The normalized spacial score (nSPS) is 11.2. The molecule has 0 atom stereocenters. The fourth-order valence-electron chi connectivity index (χ4n) is 1.74. The smallest absolute Gasteiger partial charge is 0.275 e. The van der Waals surface area contributed by atoms with E-state index < -0.39 is 0 Å². The number of anilines is 1. The van der Waals surface area contributed by atoms with Gasteiger partial charge in [0.05, 0.1) is 0 Å². The molecule has 0 spiro atoms. The second-order valence-electron chi connectivity index (χ2n) is 4.18. The molecule has 0 radical (unpaired) electrons. The molecule has 2 aromatic rings. The molecule has 3 N–H and O–H groups in total. The number of hydrogen-bond donors (Lipinski definition) is 2. The van der Waals surface area contributed by atoms with Gasteiger partial charge in [-0.2, -0.15) is 0 Å². The summed E-state index contributed by atoms with van der Waals surface area (Å²) in [7, 11) is 1.38. The first-order valence-corrected chi connectivity index (χ1v) is 7.23. The van der Waals surface area contributed by atoms with Gasteiger partial charge in [-0.3, -0.25) is 4.79 Å². The number of amides is 1. The van der Waals surface area contributed by atoms with Crippen molar-refractivity contribution in [3.63, 3.8) is 0 Å². The minimum absolute atomic E-state index is 0.124. The fourth-order valence-corrected chi connectivity index (χ4v) is 2.29. The van der Waals surface area contributed by atoms with Gasteiger partial charge in [0, 0.05) is 11.9 Å². The van der Waals surface area contributed by atoms with Gasteiger partial charge in [-0.05, 0) is 12.0 Å². The van der Waals surface area contributed by atoms with Crippen LogP contribution in [0.5, 0.6) is 0 Å². The van der Waals surface area contributed by atoms with Crippen LogP contribution in [0.3, 0.4) is 0 Å². The zero-order valence-electron chi connectivity index (χ0n) is 11.6. The number of oxime groups is 1. The Morgan fingerprint density at radius 1 is 1.43 bits per heavy atom. The third-order valence-corrected chi connectivity index (χ3v) is 3.38. The first-order valence-electron chi connectivity index (χ1n) is 6.35. The lowest BCUT2D eigenvalue weighted by Gasteiger charge is -2.06. The van der Waals surface area contributed by atoms with Gasteiger partial charge in [0.2, 0.25) is 0 Å². The number of thiazole rings is 1. The lowest BCUT2D eigenvalue weighted by atomic mass is 10.1. The van der Waals surface area contributed by atoms with Crippen molar-refractivity contribution in [2.75, 3.05) is 19.4 Å². The van der Waals surface area contributed by atoms with E-state index in [1.807, 2.05) is 30.3 Å². The molecular formula is C14H16N4O2S. The van der Waals surface area contributed by atoms with Crippen LogP contribution in [-0.4, -0.2) is 30.3 Å². The molecule has 6 nitrogen and oxygen atoms in total. The van der Waals surface area contributed by atoms with Crippen LogP contribution in [0, 0.1) is 0 Å². The SMILES string of the molecule is CON=C(C(=O)NCCc1ccccc1)c1csc(N)n1. The van der Waals surface area contributed by atoms with Crippen LogP contribution in [0.4, 0.5) is 5.13 Å². The number of carbonyl (C=O) groups is 1. The second-order valence-corrected chi connectivity index (χ2v) is 5.07. The zero-order chi connectivity index (χ0) is 15.1. The van der Waals surface area contributed by atoms with E-state index in [1.165, 1.54) is 18.4 Å². The molecule has 1 heterocycles. The molecule has 1 aromatic heterocycles. The van der Waals surface area contributed by atoms with Crippen molar-refractivity contribution in [3.05, 3.63) is 47.0 Å². The highest BCUT2D eigenvalue weighted by Crippen LogP contribution is 2.12. The number of benzene rings is 1. The molecule has 1 amide bonds. The minimum Gasteiger partial charge on any atom is -0.398 e. The van der Waals surface area contributed by atoms with Gasteiger partial charge in [0.1, 0.15) is 12.8 Å². The first-order chi connectivity index (χ1) is 10.2. The Bertz CT molecular complexity index is 625. The summed E-state index contributed by atoms with van der Waals surface area (Å²) in [5.41, 5.74) is 7.26. The number of nitrogens with two attached hydrogens (primary N) is 1. The summed E-state index contributed by atoms with van der Waals surface area (Å²) < 4.78 is 0. The largest absolute Gasteiger partial charge is 0.398 e. The van der Waals surface area contributed by atoms with Crippen molar-refractivity contribution < 1.29 is 9.63 Å². The summed E-state index contributed by atoms with van der Waals surface area (Å²) >= 11 is 1.25. The summed E-state index contributed by atoms with van der Waals surface area (Å²) in [5, 5.41) is 8.58. The van der Waals surface area contributed by atoms with E-state index in [9.17, 15) is 4.79 Å². The van der Waals surface area contributed by atoms with E-state index in [0.29, 0.717) is 17.4 Å². The van der Waals surface area contributed by atoms with Crippen molar-refractivity contribution in [2.45, 2.75) is 6.42 Å². The number of nitrogen functional groups attached to an aromatic ring is 1. The molecule has 0 unspecified atom stereocenters. The van der Waals surface area contributed by atoms with Crippen LogP contribution in [0.25, 0.3) is 0 Å². The van der Waals surface area contributed by atoms with Crippen molar-refractivity contribution in [2.24, 2.45) is 5.16 Å². The summed E-state index contributed by atoms with van der Waals surface area (Å²) in [6, 6.07) is 9.91. The van der Waals surface area contributed by atoms with Crippen molar-refractivity contribution >= 4 is 28.1 Å². The highest BCUT2D eigenvalue weighted by Gasteiger charge is 2.17. The van der Waals surface area contributed by atoms with Crippen LogP contribution >= 0.6 is 11.3 Å². The van der Waals surface area contributed by atoms with E-state index in [0.717, 1.165) is 12.0 Å². The molecule has 110 valence electrons. The lowest BCUT2D eigenvalue weighted by Crippen LogP contribution is -2.33. The summed E-state index contributed by atoms with van der Waals surface area (Å²) in [6.07, 6.45) is 0.742. The molecule has 0 bridgehead atoms. The van der Waals surface area contributed by atoms with Crippen LogP contribution in [0.2, 0.25) is 0 Å². The van der Waals surface area contributed by atoms with Crippen molar-refractivity contribution in [1.29, 1.82) is 0 Å². The van der Waals surface area contributed by atoms with Gasteiger partial charge in [0.25, 0.3) is 5.91 Å². The Balaban J connectivity index is 1.95. The summed E-state index contributed by atoms with van der Waals surface area (Å²) in [5.74, 6) is -0.335. The maximum absolute atomic E-state index is 12.1. The predicted octanol–water partition coefficient (Wildman–Crippen LogP) is 1.43. The molecule has 2 rings (SSSR count). The molecule has 0 fully saturated rings. The average molecular weight is 304 g/mol. The standard InChI is InChI=1S/C14H16N4O2S/c1-20-18-12(11-9-21-14(15)17-11)13(19)16-8-7-10-5-3-2-4-6-10/h2-6,9H,7-8H2,1H3,(H2,15,17)(H,16,19). The molecular weight excluding hydrogens is 288 g/mol. The summed E-state index contributed by atoms with van der Waals surface area (Å²) in [4.78, 5) is 20.9. The van der Waals surface area contributed by atoms with Crippen LogP contribution < -0.4 is 11.1 Å². The third kappa shape index (κ3) is 4.28. The Morgan fingerprint density at radius 3 is 2.81 bits per heavy atom. The Hall–Kier alpha value is -2.41. The maximum Gasteiger partial charge on any atom is 0.275 e. The van der Waals surface area contributed by atoms with Crippen molar-refractivity contribution in [3.8, 4) is 0 Å². The van der Waals surface area contributed by atoms with E-state index in [2.05, 4.69) is 15.5 Å². The number of hydrogen-bond acceptors (Lipinski definition) is 6. The molecule has 0 saturated carbocycles. The molecule has 0 aliphatic heterocycles. The van der Waals surface area contributed by atoms with E-state index >= 15 is 0 Å². The number of aromatic nitrogens is 1. The molecule has 0 aliphatic carbocycles. The van der Waals surface area contributed by atoms with Crippen LogP contribution in [0.1, 0.15) is 11.3 Å². The molecule has 0 saturated heterocycles. The fraction of sp³-hybridized carbons (Fsp3) is 0.214. The topological polar surface area (TPSA) is 89.6 Å². The van der Waals surface area contributed by atoms with Crippen LogP contribution in [0.15, 0.2) is 40.9 Å². The maximum atomic E-state index is 12.1. The Morgan fingerprint density at radius 2 is 2.19 bits per heavy atom. The predicted molar refractivity (Wildman–Crippen MR) is 83.2 cm³/mol. The number of nitrogens with zero attached hydrogens (tertiary/aromatic N) is 2. The van der Waals surface area contributed by atoms with Gasteiger partial charge in [-0.25, -0.2) is 4.98 Å². The lowest BCUT2D eigenvalue weighted by molar-refractivity contribution is -0.114.